The average Bonchev–Trinajstić information content (AvgIpc) is 2.40. The van der Waals surface area contributed by atoms with Gasteiger partial charge in [0.15, 0.2) is 4.90 Å². The summed E-state index contributed by atoms with van der Waals surface area (Å²) in [6, 6.07) is 2.87. The fourth-order valence-electron chi connectivity index (χ4n) is 2.57. The first-order valence-electron chi connectivity index (χ1n) is 6.65. The van der Waals surface area contributed by atoms with E-state index in [4.69, 9.17) is 0 Å². The first-order valence-corrected chi connectivity index (χ1v) is 8.09. The molecule has 1 fully saturated rings. The maximum Gasteiger partial charge on any atom is 0.249 e. The molecule has 0 spiro atoms. The molecule has 0 bridgehead atoms. The molecule has 4 nitrogen and oxygen atoms in total. The SMILES string of the molecule is CCN(C1CCNCC1)S(=O)(=O)c1c(F)cccc1F. The zero-order chi connectivity index (χ0) is 14.8. The summed E-state index contributed by atoms with van der Waals surface area (Å²) in [6.45, 7) is 3.28. The van der Waals surface area contributed by atoms with E-state index in [0.717, 1.165) is 18.2 Å². The van der Waals surface area contributed by atoms with Gasteiger partial charge in [-0.15, -0.1) is 0 Å². The molecule has 0 atom stereocenters. The molecule has 1 aromatic carbocycles. The van der Waals surface area contributed by atoms with Crippen molar-refractivity contribution in [2.24, 2.45) is 0 Å². The van der Waals surface area contributed by atoms with Gasteiger partial charge in [-0.05, 0) is 38.1 Å². The highest BCUT2D eigenvalue weighted by Crippen LogP contribution is 2.26. The number of sulfonamides is 1. The van der Waals surface area contributed by atoms with E-state index < -0.39 is 26.6 Å². The number of halogens is 2. The van der Waals surface area contributed by atoms with E-state index in [9.17, 15) is 17.2 Å². The van der Waals surface area contributed by atoms with Crippen LogP contribution in [0.1, 0.15) is 19.8 Å². The van der Waals surface area contributed by atoms with Crippen LogP contribution in [-0.4, -0.2) is 38.4 Å². The summed E-state index contributed by atoms with van der Waals surface area (Å²) < 4.78 is 53.8. The van der Waals surface area contributed by atoms with Gasteiger partial charge in [-0.3, -0.25) is 0 Å². The molecule has 1 saturated heterocycles. The molecule has 0 unspecified atom stereocenters. The van der Waals surface area contributed by atoms with E-state index in [-0.39, 0.29) is 12.6 Å². The van der Waals surface area contributed by atoms with Gasteiger partial charge in [-0.25, -0.2) is 17.2 Å². The molecule has 0 aliphatic carbocycles. The molecule has 0 amide bonds. The van der Waals surface area contributed by atoms with Crippen molar-refractivity contribution in [3.8, 4) is 0 Å². The molecule has 7 heteroatoms. The Bertz CT molecular complexity index is 551. The maximum absolute atomic E-state index is 13.8. The molecule has 2 rings (SSSR count). The molecule has 20 heavy (non-hydrogen) atoms. The molecular formula is C13H18F2N2O2S. The lowest BCUT2D eigenvalue weighted by Crippen LogP contribution is -2.46. The molecule has 1 aliphatic heterocycles. The maximum atomic E-state index is 13.8. The van der Waals surface area contributed by atoms with Crippen molar-refractivity contribution >= 4 is 10.0 Å². The van der Waals surface area contributed by atoms with Gasteiger partial charge in [0.05, 0.1) is 0 Å². The molecule has 0 radical (unpaired) electrons. The Balaban J connectivity index is 2.41. The third-order valence-corrected chi connectivity index (χ3v) is 5.59. The minimum Gasteiger partial charge on any atom is -0.317 e. The van der Waals surface area contributed by atoms with Crippen molar-refractivity contribution in [2.75, 3.05) is 19.6 Å². The lowest BCUT2D eigenvalue weighted by Gasteiger charge is -2.33. The fourth-order valence-corrected chi connectivity index (χ4v) is 4.37. The zero-order valence-corrected chi connectivity index (χ0v) is 12.1. The van der Waals surface area contributed by atoms with Crippen LogP contribution in [0, 0.1) is 11.6 Å². The van der Waals surface area contributed by atoms with Crippen LogP contribution in [0.4, 0.5) is 8.78 Å². The topological polar surface area (TPSA) is 49.4 Å². The summed E-state index contributed by atoms with van der Waals surface area (Å²) in [6.07, 6.45) is 1.28. The zero-order valence-electron chi connectivity index (χ0n) is 11.3. The van der Waals surface area contributed by atoms with E-state index in [1.165, 1.54) is 4.31 Å². The fraction of sp³-hybridized carbons (Fsp3) is 0.538. The van der Waals surface area contributed by atoms with Crippen molar-refractivity contribution in [3.63, 3.8) is 0 Å². The van der Waals surface area contributed by atoms with Crippen molar-refractivity contribution in [3.05, 3.63) is 29.8 Å². The normalized spacial score (nSPS) is 17.6. The summed E-state index contributed by atoms with van der Waals surface area (Å²) in [5.41, 5.74) is 0. The lowest BCUT2D eigenvalue weighted by molar-refractivity contribution is 0.269. The molecule has 0 aromatic heterocycles. The van der Waals surface area contributed by atoms with E-state index in [1.807, 2.05) is 0 Å². The molecule has 1 aromatic rings. The van der Waals surface area contributed by atoms with Crippen LogP contribution in [0.5, 0.6) is 0 Å². The van der Waals surface area contributed by atoms with Crippen LogP contribution in [0.3, 0.4) is 0 Å². The molecule has 1 heterocycles. The smallest absolute Gasteiger partial charge is 0.249 e. The second-order valence-electron chi connectivity index (χ2n) is 4.74. The predicted molar refractivity (Wildman–Crippen MR) is 71.8 cm³/mol. The Morgan fingerprint density at radius 3 is 2.30 bits per heavy atom. The van der Waals surface area contributed by atoms with Gasteiger partial charge in [0.25, 0.3) is 0 Å². The van der Waals surface area contributed by atoms with Crippen LogP contribution in [0.25, 0.3) is 0 Å². The number of piperidine rings is 1. The van der Waals surface area contributed by atoms with Gasteiger partial charge in [0.2, 0.25) is 10.0 Å². The van der Waals surface area contributed by atoms with Crippen LogP contribution in [0.2, 0.25) is 0 Å². The minimum absolute atomic E-state index is 0.195. The van der Waals surface area contributed by atoms with Crippen molar-refractivity contribution in [2.45, 2.75) is 30.7 Å². The van der Waals surface area contributed by atoms with Crippen molar-refractivity contribution < 1.29 is 17.2 Å². The number of benzene rings is 1. The second kappa shape index (κ2) is 6.15. The Morgan fingerprint density at radius 2 is 1.80 bits per heavy atom. The van der Waals surface area contributed by atoms with Gasteiger partial charge < -0.3 is 5.32 Å². The molecule has 112 valence electrons. The summed E-state index contributed by atoms with van der Waals surface area (Å²) >= 11 is 0. The van der Waals surface area contributed by atoms with Gasteiger partial charge in [0, 0.05) is 12.6 Å². The van der Waals surface area contributed by atoms with Crippen LogP contribution < -0.4 is 5.32 Å². The standard InChI is InChI=1S/C13H18F2N2O2S/c1-2-17(10-6-8-16-9-7-10)20(18,19)13-11(14)4-3-5-12(13)15/h3-5,10,16H,2,6-9H2,1H3. The Morgan fingerprint density at radius 1 is 1.25 bits per heavy atom. The highest BCUT2D eigenvalue weighted by Gasteiger charge is 2.34. The minimum atomic E-state index is -4.16. The van der Waals surface area contributed by atoms with E-state index in [2.05, 4.69) is 5.32 Å². The second-order valence-corrected chi connectivity index (χ2v) is 6.57. The Labute approximate surface area is 117 Å². The van der Waals surface area contributed by atoms with Crippen LogP contribution >= 0.6 is 0 Å². The van der Waals surface area contributed by atoms with Gasteiger partial charge in [-0.1, -0.05) is 13.0 Å². The molecule has 1 aliphatic rings. The number of nitrogens with one attached hydrogen (secondary N) is 1. The third kappa shape index (κ3) is 2.84. The monoisotopic (exact) mass is 304 g/mol. The third-order valence-electron chi connectivity index (χ3n) is 3.51. The van der Waals surface area contributed by atoms with E-state index >= 15 is 0 Å². The van der Waals surface area contributed by atoms with E-state index in [0.29, 0.717) is 25.9 Å². The summed E-state index contributed by atoms with van der Waals surface area (Å²) in [4.78, 5) is -0.847. The summed E-state index contributed by atoms with van der Waals surface area (Å²) in [5, 5.41) is 3.14. The number of nitrogens with zero attached hydrogens (tertiary/aromatic N) is 1. The summed E-state index contributed by atoms with van der Waals surface area (Å²) in [7, 11) is -4.16. The quantitative estimate of drug-likeness (QED) is 0.921. The van der Waals surface area contributed by atoms with Crippen LogP contribution in [-0.2, 0) is 10.0 Å². The van der Waals surface area contributed by atoms with Crippen molar-refractivity contribution in [1.82, 2.24) is 9.62 Å². The van der Waals surface area contributed by atoms with Gasteiger partial charge in [0.1, 0.15) is 11.6 Å². The lowest BCUT2D eigenvalue weighted by atomic mass is 10.1. The number of rotatable bonds is 4. The molecule has 1 N–H and O–H groups in total. The Kier molecular flexibility index (Phi) is 4.72. The average molecular weight is 304 g/mol. The van der Waals surface area contributed by atoms with Gasteiger partial charge in [-0.2, -0.15) is 4.31 Å². The number of hydrogen-bond acceptors (Lipinski definition) is 3. The van der Waals surface area contributed by atoms with Gasteiger partial charge >= 0.3 is 0 Å². The highest BCUT2D eigenvalue weighted by atomic mass is 32.2. The largest absolute Gasteiger partial charge is 0.317 e. The Hall–Kier alpha value is -1.05. The first-order chi connectivity index (χ1) is 9.48. The first kappa shape index (κ1) is 15.3. The summed E-state index contributed by atoms with van der Waals surface area (Å²) in [5.74, 6) is -2.09. The van der Waals surface area contributed by atoms with Crippen LogP contribution in [0.15, 0.2) is 23.1 Å². The number of hydrogen-bond donors (Lipinski definition) is 1. The molecular weight excluding hydrogens is 286 g/mol. The molecule has 0 saturated carbocycles. The predicted octanol–water partition coefficient (Wildman–Crippen LogP) is 1.73. The van der Waals surface area contributed by atoms with Crippen molar-refractivity contribution in [1.29, 1.82) is 0 Å². The van der Waals surface area contributed by atoms with E-state index in [1.54, 1.807) is 6.92 Å². The highest BCUT2D eigenvalue weighted by molar-refractivity contribution is 7.89.